The second-order valence-corrected chi connectivity index (χ2v) is 9.49. The Morgan fingerprint density at radius 3 is 1.97 bits per heavy atom. The maximum atomic E-state index is 12.4. The molecule has 1 aliphatic heterocycles. The number of unbranched alkanes of at least 4 members (excludes halogenated alkanes) is 1. The number of esters is 3. The summed E-state index contributed by atoms with van der Waals surface area (Å²) in [6, 6.07) is 0. The smallest absolute Gasteiger partial charge is 0.306 e. The molecule has 1 unspecified atom stereocenters. The number of carbonyl (C=O) groups is 3. The van der Waals surface area contributed by atoms with Crippen LogP contribution in [0.25, 0.3) is 0 Å². The van der Waals surface area contributed by atoms with E-state index < -0.39 is 42.5 Å². The van der Waals surface area contributed by atoms with Crippen molar-refractivity contribution in [3.05, 3.63) is 0 Å². The summed E-state index contributed by atoms with van der Waals surface area (Å²) in [5.41, 5.74) is 0. The fourth-order valence-electron chi connectivity index (χ4n) is 3.68. The number of rotatable bonds is 16. The highest BCUT2D eigenvalue weighted by Gasteiger charge is 2.48. The standard InChI is InChI=1S/C26H44NO8/c1-7-13-21(28)33-20-19-32-26(31-18-12-11-17-27(5,6)16-10-4)25(35-23(30)15-9-3)24(20)34-22(29)14-8-2/h4,20,24-26H,7-9,11-19H2,1-3,5-6H3/q+1/t20-,24+,25-,26?/m1/s1. The first-order chi connectivity index (χ1) is 16.7. The molecule has 0 aromatic carbocycles. The van der Waals surface area contributed by atoms with Gasteiger partial charge in [0.2, 0.25) is 0 Å². The summed E-state index contributed by atoms with van der Waals surface area (Å²) in [7, 11) is 4.15. The number of quaternary nitrogens is 1. The lowest BCUT2D eigenvalue weighted by Gasteiger charge is -2.40. The highest BCUT2D eigenvalue weighted by atomic mass is 16.7. The first-order valence-electron chi connectivity index (χ1n) is 12.7. The van der Waals surface area contributed by atoms with E-state index in [0.29, 0.717) is 36.9 Å². The molecule has 0 aromatic rings. The molecule has 0 bridgehead atoms. The van der Waals surface area contributed by atoms with Gasteiger partial charge in [-0.2, -0.15) is 0 Å². The minimum Gasteiger partial charge on any atom is -0.456 e. The first kappa shape index (κ1) is 30.9. The third-order valence-corrected chi connectivity index (χ3v) is 5.52. The lowest BCUT2D eigenvalue weighted by molar-refractivity contribution is -0.883. The van der Waals surface area contributed by atoms with Crippen LogP contribution < -0.4 is 0 Å². The van der Waals surface area contributed by atoms with Gasteiger partial charge in [0.25, 0.3) is 0 Å². The van der Waals surface area contributed by atoms with Gasteiger partial charge in [-0.1, -0.05) is 20.8 Å². The Morgan fingerprint density at radius 2 is 1.43 bits per heavy atom. The van der Waals surface area contributed by atoms with Gasteiger partial charge in [0.15, 0.2) is 24.6 Å². The lowest BCUT2D eigenvalue weighted by atomic mass is 10.0. The van der Waals surface area contributed by atoms with E-state index in [-0.39, 0.29) is 25.9 Å². The summed E-state index contributed by atoms with van der Waals surface area (Å²) >= 11 is 0. The van der Waals surface area contributed by atoms with Crippen LogP contribution in [0.2, 0.25) is 0 Å². The third-order valence-electron chi connectivity index (χ3n) is 5.52. The summed E-state index contributed by atoms with van der Waals surface area (Å²) in [6.07, 6.45) is 5.59. The number of hydrogen-bond donors (Lipinski definition) is 0. The summed E-state index contributed by atoms with van der Waals surface area (Å²) < 4.78 is 29.4. The minimum absolute atomic E-state index is 0.0297. The van der Waals surface area contributed by atoms with Gasteiger partial charge in [-0.25, -0.2) is 0 Å². The number of terminal acetylenes is 1. The number of carbonyl (C=O) groups excluding carboxylic acids is 3. The van der Waals surface area contributed by atoms with Crippen LogP contribution >= 0.6 is 0 Å². The Kier molecular flexibility index (Phi) is 14.6. The van der Waals surface area contributed by atoms with Crippen molar-refractivity contribution < 1.29 is 42.6 Å². The van der Waals surface area contributed by atoms with Gasteiger partial charge < -0.3 is 28.2 Å². The van der Waals surface area contributed by atoms with Crippen molar-refractivity contribution in [2.45, 2.75) is 96.7 Å². The lowest BCUT2D eigenvalue weighted by Crippen LogP contribution is -2.58. The normalized spacial score (nSPS) is 22.2. The molecule has 0 aliphatic carbocycles. The highest BCUT2D eigenvalue weighted by molar-refractivity contribution is 5.71. The summed E-state index contributed by atoms with van der Waals surface area (Å²) in [4.78, 5) is 37.0. The molecule has 1 aliphatic rings. The Balaban J connectivity index is 2.94. The fourth-order valence-corrected chi connectivity index (χ4v) is 3.68. The molecular formula is C26H44NO8+. The highest BCUT2D eigenvalue weighted by Crippen LogP contribution is 2.26. The van der Waals surface area contributed by atoms with Gasteiger partial charge in [-0.15, -0.1) is 6.42 Å². The van der Waals surface area contributed by atoms with E-state index in [1.54, 1.807) is 0 Å². The van der Waals surface area contributed by atoms with E-state index in [1.165, 1.54) is 0 Å². The zero-order valence-corrected chi connectivity index (χ0v) is 22.1. The van der Waals surface area contributed by atoms with Crippen molar-refractivity contribution in [3.63, 3.8) is 0 Å². The monoisotopic (exact) mass is 498 g/mol. The van der Waals surface area contributed by atoms with E-state index in [4.69, 9.17) is 30.1 Å². The molecule has 4 atom stereocenters. The number of hydrogen-bond acceptors (Lipinski definition) is 8. The van der Waals surface area contributed by atoms with E-state index >= 15 is 0 Å². The van der Waals surface area contributed by atoms with Crippen molar-refractivity contribution in [2.24, 2.45) is 0 Å². The molecule has 0 radical (unpaired) electrons. The van der Waals surface area contributed by atoms with Crippen LogP contribution in [-0.4, -0.2) is 87.4 Å². The van der Waals surface area contributed by atoms with E-state index in [1.807, 2.05) is 20.8 Å². The van der Waals surface area contributed by atoms with Crippen LogP contribution in [-0.2, 0) is 38.1 Å². The van der Waals surface area contributed by atoms with Gasteiger partial charge in [0, 0.05) is 19.3 Å². The van der Waals surface area contributed by atoms with Gasteiger partial charge in [-0.3, -0.25) is 14.4 Å². The van der Waals surface area contributed by atoms with Crippen molar-refractivity contribution in [2.75, 3.05) is 40.4 Å². The van der Waals surface area contributed by atoms with Gasteiger partial charge >= 0.3 is 17.9 Å². The SMILES string of the molecule is C#CC[N+](C)(C)CCCCOC1OC[C@@H](OC(=O)CCC)[C@H](OC(=O)CCC)[C@H]1OC(=O)CCC. The summed E-state index contributed by atoms with van der Waals surface area (Å²) in [6.45, 7) is 7.45. The van der Waals surface area contributed by atoms with E-state index in [2.05, 4.69) is 20.0 Å². The number of nitrogens with zero attached hydrogens (tertiary/aromatic N) is 1. The van der Waals surface area contributed by atoms with Crippen molar-refractivity contribution in [3.8, 4) is 12.3 Å². The Labute approximate surface area is 210 Å². The van der Waals surface area contributed by atoms with Gasteiger partial charge in [0.1, 0.15) is 6.54 Å². The third kappa shape index (κ3) is 11.9. The Morgan fingerprint density at radius 1 is 0.886 bits per heavy atom. The average Bonchev–Trinajstić information content (AvgIpc) is 2.77. The topological polar surface area (TPSA) is 97.4 Å². The quantitative estimate of drug-likeness (QED) is 0.105. The van der Waals surface area contributed by atoms with Crippen molar-refractivity contribution >= 4 is 17.9 Å². The number of ether oxygens (including phenoxy) is 5. The zero-order valence-electron chi connectivity index (χ0n) is 22.1. The second kappa shape index (κ2) is 16.5. The maximum Gasteiger partial charge on any atom is 0.306 e. The molecule has 0 saturated carbocycles. The first-order valence-corrected chi connectivity index (χ1v) is 12.7. The molecule has 1 saturated heterocycles. The Hall–Kier alpha value is -2.15. The average molecular weight is 499 g/mol. The largest absolute Gasteiger partial charge is 0.456 e. The Bertz CT molecular complexity index is 702. The molecule has 1 fully saturated rings. The van der Waals surface area contributed by atoms with Crippen LogP contribution in [0, 0.1) is 12.3 Å². The van der Waals surface area contributed by atoms with E-state index in [0.717, 1.165) is 19.4 Å². The zero-order chi connectivity index (χ0) is 26.3. The minimum atomic E-state index is -1.04. The maximum absolute atomic E-state index is 12.4. The van der Waals surface area contributed by atoms with E-state index in [9.17, 15) is 14.4 Å². The van der Waals surface area contributed by atoms with Crippen molar-refractivity contribution in [1.82, 2.24) is 0 Å². The second-order valence-electron chi connectivity index (χ2n) is 9.49. The molecule has 9 nitrogen and oxygen atoms in total. The predicted molar refractivity (Wildman–Crippen MR) is 130 cm³/mol. The van der Waals surface area contributed by atoms with Crippen molar-refractivity contribution in [1.29, 1.82) is 0 Å². The molecule has 0 spiro atoms. The van der Waals surface area contributed by atoms with Crippen LogP contribution in [0.15, 0.2) is 0 Å². The molecule has 0 N–H and O–H groups in total. The summed E-state index contributed by atoms with van der Waals surface area (Å²) in [5.74, 6) is 1.34. The van der Waals surface area contributed by atoms with Gasteiger partial charge in [-0.05, 0) is 38.0 Å². The van der Waals surface area contributed by atoms with Crippen LogP contribution in [0.1, 0.15) is 72.1 Å². The van der Waals surface area contributed by atoms with Crippen LogP contribution in [0.5, 0.6) is 0 Å². The molecule has 0 amide bonds. The molecule has 9 heteroatoms. The molecule has 35 heavy (non-hydrogen) atoms. The molecule has 0 aromatic heterocycles. The van der Waals surface area contributed by atoms with Crippen LogP contribution in [0.3, 0.4) is 0 Å². The molecule has 200 valence electrons. The summed E-state index contributed by atoms with van der Waals surface area (Å²) in [5, 5.41) is 0. The molecule has 1 heterocycles. The fraction of sp³-hybridized carbons (Fsp3) is 0.808. The van der Waals surface area contributed by atoms with Gasteiger partial charge in [0.05, 0.1) is 33.9 Å². The molecular weight excluding hydrogens is 454 g/mol. The molecule has 1 rings (SSSR count). The van der Waals surface area contributed by atoms with Crippen LogP contribution in [0.4, 0.5) is 0 Å². The predicted octanol–water partition coefficient (Wildman–Crippen LogP) is 2.98.